The Morgan fingerprint density at radius 3 is 2.79 bits per heavy atom. The molecule has 0 radical (unpaired) electrons. The second-order valence-corrected chi connectivity index (χ2v) is 4.52. The molecule has 94 valence electrons. The van der Waals surface area contributed by atoms with Crippen molar-refractivity contribution < 1.29 is 4.39 Å². The van der Waals surface area contributed by atoms with Crippen molar-refractivity contribution in [1.82, 2.24) is 9.97 Å². The van der Waals surface area contributed by atoms with Gasteiger partial charge in [0.05, 0.1) is 10.9 Å². The molecule has 3 nitrogen and oxygen atoms in total. The van der Waals surface area contributed by atoms with Gasteiger partial charge in [0.2, 0.25) is 0 Å². The van der Waals surface area contributed by atoms with Crippen LogP contribution in [0.2, 0.25) is 5.02 Å². The Hall–Kier alpha value is -2.20. The van der Waals surface area contributed by atoms with E-state index in [1.807, 2.05) is 0 Å². The first kappa shape index (κ1) is 11.9. The predicted octanol–water partition coefficient (Wildman–Crippen LogP) is 3.38. The maximum atomic E-state index is 13.2. The lowest BCUT2D eigenvalue weighted by Gasteiger charge is -2.03. The van der Waals surface area contributed by atoms with E-state index in [-0.39, 0.29) is 11.4 Å². The van der Waals surface area contributed by atoms with E-state index in [4.69, 9.17) is 11.6 Å². The van der Waals surface area contributed by atoms with Crippen molar-refractivity contribution >= 4 is 22.5 Å². The van der Waals surface area contributed by atoms with Gasteiger partial charge in [0.15, 0.2) is 0 Å². The Balaban J connectivity index is 2.28. The molecule has 3 aromatic rings. The third kappa shape index (κ3) is 2.22. The quantitative estimate of drug-likeness (QED) is 0.739. The fourth-order valence-corrected chi connectivity index (χ4v) is 2.05. The molecule has 0 aliphatic carbocycles. The Morgan fingerprint density at radius 1 is 1.16 bits per heavy atom. The summed E-state index contributed by atoms with van der Waals surface area (Å²) in [5.74, 6) is -0.0643. The van der Waals surface area contributed by atoms with Gasteiger partial charge in [-0.1, -0.05) is 23.7 Å². The summed E-state index contributed by atoms with van der Waals surface area (Å²) in [6.45, 7) is 0. The number of aromatic amines is 1. The molecule has 0 amide bonds. The number of benzene rings is 2. The van der Waals surface area contributed by atoms with Crippen LogP contribution < -0.4 is 5.56 Å². The smallest absolute Gasteiger partial charge is 0.259 e. The molecule has 1 N–H and O–H groups in total. The van der Waals surface area contributed by atoms with Crippen LogP contribution in [0.25, 0.3) is 22.3 Å². The van der Waals surface area contributed by atoms with E-state index in [0.717, 1.165) is 0 Å². The van der Waals surface area contributed by atoms with Gasteiger partial charge in [0.1, 0.15) is 11.6 Å². The summed E-state index contributed by atoms with van der Waals surface area (Å²) in [4.78, 5) is 18.9. The van der Waals surface area contributed by atoms with Gasteiger partial charge in [0.25, 0.3) is 5.56 Å². The highest BCUT2D eigenvalue weighted by Gasteiger charge is 2.07. The second-order valence-electron chi connectivity index (χ2n) is 4.09. The third-order valence-corrected chi connectivity index (χ3v) is 3.00. The van der Waals surface area contributed by atoms with Crippen LogP contribution >= 0.6 is 11.6 Å². The van der Waals surface area contributed by atoms with Crippen molar-refractivity contribution in [3.8, 4) is 11.4 Å². The SMILES string of the molecule is O=c1[nH]c(-c2cccc(F)c2)nc2cc(Cl)ccc12. The zero-order valence-corrected chi connectivity index (χ0v) is 10.4. The van der Waals surface area contributed by atoms with Crippen molar-refractivity contribution in [3.05, 3.63) is 63.7 Å². The highest BCUT2D eigenvalue weighted by molar-refractivity contribution is 6.31. The van der Waals surface area contributed by atoms with Gasteiger partial charge in [-0.2, -0.15) is 0 Å². The molecule has 2 aromatic carbocycles. The van der Waals surface area contributed by atoms with Gasteiger partial charge < -0.3 is 4.98 Å². The minimum absolute atomic E-state index is 0.277. The second kappa shape index (κ2) is 4.48. The standard InChI is InChI=1S/C14H8ClFN2O/c15-9-4-5-11-12(7-9)17-13(18-14(11)19)8-2-1-3-10(16)6-8/h1-7H,(H,17,18,19). The number of nitrogens with one attached hydrogen (secondary N) is 1. The molecule has 0 aliphatic heterocycles. The molecule has 0 atom stereocenters. The Labute approximate surface area is 112 Å². The number of rotatable bonds is 1. The van der Waals surface area contributed by atoms with E-state index in [2.05, 4.69) is 9.97 Å². The maximum Gasteiger partial charge on any atom is 0.259 e. The van der Waals surface area contributed by atoms with Crippen LogP contribution in [0.1, 0.15) is 0 Å². The number of aromatic nitrogens is 2. The molecular formula is C14H8ClFN2O. The lowest BCUT2D eigenvalue weighted by molar-refractivity contribution is 0.628. The number of H-pyrrole nitrogens is 1. The number of hydrogen-bond donors (Lipinski definition) is 1. The highest BCUT2D eigenvalue weighted by Crippen LogP contribution is 2.19. The topological polar surface area (TPSA) is 45.8 Å². The van der Waals surface area contributed by atoms with Gasteiger partial charge >= 0.3 is 0 Å². The molecule has 0 aliphatic rings. The molecular weight excluding hydrogens is 267 g/mol. The van der Waals surface area contributed by atoms with E-state index >= 15 is 0 Å². The molecule has 0 unspecified atom stereocenters. The molecule has 1 heterocycles. The molecule has 0 saturated heterocycles. The summed E-state index contributed by atoms with van der Waals surface area (Å²) in [6, 6.07) is 10.7. The molecule has 0 spiro atoms. The predicted molar refractivity (Wildman–Crippen MR) is 72.8 cm³/mol. The van der Waals surface area contributed by atoms with Gasteiger partial charge in [-0.05, 0) is 30.3 Å². The molecule has 5 heteroatoms. The Kier molecular flexibility index (Phi) is 2.80. The average Bonchev–Trinajstić information content (AvgIpc) is 2.38. The van der Waals surface area contributed by atoms with E-state index in [1.54, 1.807) is 30.3 Å². The lowest BCUT2D eigenvalue weighted by atomic mass is 10.2. The zero-order chi connectivity index (χ0) is 13.4. The van der Waals surface area contributed by atoms with E-state index < -0.39 is 0 Å². The van der Waals surface area contributed by atoms with E-state index in [1.165, 1.54) is 12.1 Å². The summed E-state index contributed by atoms with van der Waals surface area (Å²) in [6.07, 6.45) is 0. The molecule has 0 bridgehead atoms. The minimum Gasteiger partial charge on any atom is -0.306 e. The zero-order valence-electron chi connectivity index (χ0n) is 9.65. The summed E-state index contributed by atoms with van der Waals surface area (Å²) >= 11 is 5.88. The average molecular weight is 275 g/mol. The summed E-state index contributed by atoms with van der Waals surface area (Å²) in [5.41, 5.74) is 0.718. The van der Waals surface area contributed by atoms with E-state index in [0.29, 0.717) is 27.3 Å². The number of nitrogens with zero attached hydrogens (tertiary/aromatic N) is 1. The third-order valence-electron chi connectivity index (χ3n) is 2.77. The van der Waals surface area contributed by atoms with Gasteiger partial charge in [-0.3, -0.25) is 4.79 Å². The summed E-state index contributed by atoms with van der Waals surface area (Å²) in [5, 5.41) is 0.945. The Bertz CT molecular complexity index is 829. The first-order valence-electron chi connectivity index (χ1n) is 5.59. The van der Waals surface area contributed by atoms with Crippen LogP contribution in [0.15, 0.2) is 47.3 Å². The van der Waals surface area contributed by atoms with Crippen LogP contribution in [0, 0.1) is 5.82 Å². The molecule has 1 aromatic heterocycles. The number of fused-ring (bicyclic) bond motifs is 1. The fraction of sp³-hybridized carbons (Fsp3) is 0. The van der Waals surface area contributed by atoms with Gasteiger partial charge in [-0.25, -0.2) is 9.37 Å². The monoisotopic (exact) mass is 274 g/mol. The fourth-order valence-electron chi connectivity index (χ4n) is 1.89. The Morgan fingerprint density at radius 2 is 2.00 bits per heavy atom. The van der Waals surface area contributed by atoms with E-state index in [9.17, 15) is 9.18 Å². The summed E-state index contributed by atoms with van der Waals surface area (Å²) in [7, 11) is 0. The van der Waals surface area contributed by atoms with Crippen molar-refractivity contribution in [2.24, 2.45) is 0 Å². The van der Waals surface area contributed by atoms with Crippen molar-refractivity contribution in [3.63, 3.8) is 0 Å². The first-order valence-corrected chi connectivity index (χ1v) is 5.97. The van der Waals surface area contributed by atoms with Crippen LogP contribution in [0.4, 0.5) is 4.39 Å². The molecule has 19 heavy (non-hydrogen) atoms. The minimum atomic E-state index is -0.383. The van der Waals surface area contributed by atoms with Gasteiger partial charge in [-0.15, -0.1) is 0 Å². The van der Waals surface area contributed by atoms with Gasteiger partial charge in [0, 0.05) is 10.6 Å². The van der Waals surface area contributed by atoms with Crippen molar-refractivity contribution in [1.29, 1.82) is 0 Å². The van der Waals surface area contributed by atoms with Crippen LogP contribution in [0.5, 0.6) is 0 Å². The number of halogens is 2. The summed E-state index contributed by atoms with van der Waals surface area (Å²) < 4.78 is 13.2. The molecule has 0 fully saturated rings. The van der Waals surface area contributed by atoms with Crippen molar-refractivity contribution in [2.45, 2.75) is 0 Å². The largest absolute Gasteiger partial charge is 0.306 e. The normalized spacial score (nSPS) is 10.8. The molecule has 0 saturated carbocycles. The maximum absolute atomic E-state index is 13.2. The molecule has 3 rings (SSSR count). The van der Waals surface area contributed by atoms with Crippen molar-refractivity contribution in [2.75, 3.05) is 0 Å². The number of hydrogen-bond acceptors (Lipinski definition) is 2. The van der Waals surface area contributed by atoms with Crippen LogP contribution in [-0.2, 0) is 0 Å². The first-order chi connectivity index (χ1) is 9.13. The highest BCUT2D eigenvalue weighted by atomic mass is 35.5. The van der Waals surface area contributed by atoms with Crippen LogP contribution in [-0.4, -0.2) is 9.97 Å². The van der Waals surface area contributed by atoms with Crippen LogP contribution in [0.3, 0.4) is 0 Å². The lowest BCUT2D eigenvalue weighted by Crippen LogP contribution is -2.09.